The van der Waals surface area contributed by atoms with Crippen molar-refractivity contribution in [2.45, 2.75) is 45.3 Å². The zero-order chi connectivity index (χ0) is 27.9. The number of halogens is 1. The molecule has 0 aliphatic heterocycles. The molecular formula is C29H34ClN3O4S. The highest BCUT2D eigenvalue weighted by Gasteiger charge is 2.34. The Kier molecular flexibility index (Phi) is 9.57. The Labute approximate surface area is 230 Å². The van der Waals surface area contributed by atoms with E-state index in [1.165, 1.54) is 4.90 Å². The Balaban J connectivity index is 2.05. The van der Waals surface area contributed by atoms with E-state index in [9.17, 15) is 18.0 Å². The lowest BCUT2D eigenvalue weighted by Gasteiger charge is -2.35. The van der Waals surface area contributed by atoms with Gasteiger partial charge < -0.3 is 10.2 Å². The molecule has 0 spiro atoms. The molecular weight excluding hydrogens is 522 g/mol. The number of nitrogens with one attached hydrogen (secondary N) is 1. The molecule has 0 aliphatic rings. The third-order valence-corrected chi connectivity index (χ3v) is 7.15. The van der Waals surface area contributed by atoms with Crippen LogP contribution in [-0.4, -0.2) is 49.5 Å². The van der Waals surface area contributed by atoms with E-state index in [2.05, 4.69) is 5.32 Å². The standard InChI is InChI=1S/C29H34ClN3O4S/c1-29(2,3)31-28(35)26(19-22-11-7-5-8-12-22)32(20-23-15-17-24(30)18-16-23)27(34)21-33(38(4,36)37)25-13-9-6-10-14-25/h5-18,26H,19-21H2,1-4H3,(H,31,35). The van der Waals surface area contributed by atoms with Gasteiger partial charge in [-0.1, -0.05) is 72.3 Å². The molecule has 9 heteroatoms. The first kappa shape index (κ1) is 29.2. The van der Waals surface area contributed by atoms with Crippen molar-refractivity contribution in [1.29, 1.82) is 0 Å². The Morgan fingerprint density at radius 2 is 1.42 bits per heavy atom. The number of benzene rings is 3. The molecule has 3 aromatic rings. The number of amides is 2. The topological polar surface area (TPSA) is 86.8 Å². The lowest BCUT2D eigenvalue weighted by Crippen LogP contribution is -2.56. The van der Waals surface area contributed by atoms with Crippen LogP contribution in [0.2, 0.25) is 5.02 Å². The van der Waals surface area contributed by atoms with Crippen LogP contribution in [0.25, 0.3) is 0 Å². The smallest absolute Gasteiger partial charge is 0.244 e. The molecule has 1 N–H and O–H groups in total. The molecule has 0 aromatic heterocycles. The molecule has 0 saturated heterocycles. The maximum Gasteiger partial charge on any atom is 0.244 e. The van der Waals surface area contributed by atoms with Crippen LogP contribution in [0.15, 0.2) is 84.9 Å². The Morgan fingerprint density at radius 3 is 1.95 bits per heavy atom. The van der Waals surface area contributed by atoms with E-state index in [0.29, 0.717) is 10.7 Å². The van der Waals surface area contributed by atoms with E-state index in [4.69, 9.17) is 11.6 Å². The van der Waals surface area contributed by atoms with Gasteiger partial charge in [-0.3, -0.25) is 13.9 Å². The minimum atomic E-state index is -3.79. The Bertz CT molecular complexity index is 1330. The number of hydrogen-bond donors (Lipinski definition) is 1. The quantitative estimate of drug-likeness (QED) is 0.394. The summed E-state index contributed by atoms with van der Waals surface area (Å²) in [4.78, 5) is 29.1. The molecule has 0 saturated carbocycles. The fourth-order valence-corrected chi connectivity index (χ4v) is 4.98. The molecule has 38 heavy (non-hydrogen) atoms. The summed E-state index contributed by atoms with van der Waals surface area (Å²) in [7, 11) is -3.79. The van der Waals surface area contributed by atoms with E-state index in [1.807, 2.05) is 51.1 Å². The number of hydrogen-bond acceptors (Lipinski definition) is 4. The number of carbonyl (C=O) groups excluding carboxylic acids is 2. The predicted octanol–water partition coefficient (Wildman–Crippen LogP) is 4.66. The number of carbonyl (C=O) groups is 2. The van der Waals surface area contributed by atoms with Gasteiger partial charge in [0.25, 0.3) is 0 Å². The summed E-state index contributed by atoms with van der Waals surface area (Å²) in [5.74, 6) is -0.825. The van der Waals surface area contributed by atoms with E-state index >= 15 is 0 Å². The minimum Gasteiger partial charge on any atom is -0.350 e. The van der Waals surface area contributed by atoms with Crippen LogP contribution in [0.1, 0.15) is 31.9 Å². The van der Waals surface area contributed by atoms with Crippen molar-refractivity contribution in [2.75, 3.05) is 17.1 Å². The summed E-state index contributed by atoms with van der Waals surface area (Å²) < 4.78 is 26.5. The van der Waals surface area contributed by atoms with E-state index in [1.54, 1.807) is 54.6 Å². The molecule has 3 aromatic carbocycles. The number of anilines is 1. The second-order valence-corrected chi connectivity index (χ2v) is 12.5. The van der Waals surface area contributed by atoms with Gasteiger partial charge in [0.05, 0.1) is 11.9 Å². The maximum absolute atomic E-state index is 14.0. The zero-order valence-corrected chi connectivity index (χ0v) is 23.7. The van der Waals surface area contributed by atoms with Crippen molar-refractivity contribution in [3.05, 3.63) is 101 Å². The highest BCUT2D eigenvalue weighted by molar-refractivity contribution is 7.92. The van der Waals surface area contributed by atoms with Gasteiger partial charge in [0, 0.05) is 23.5 Å². The van der Waals surface area contributed by atoms with Gasteiger partial charge in [0.2, 0.25) is 21.8 Å². The van der Waals surface area contributed by atoms with Gasteiger partial charge in [0.1, 0.15) is 12.6 Å². The van der Waals surface area contributed by atoms with Gasteiger partial charge in [-0.05, 0) is 56.2 Å². The van der Waals surface area contributed by atoms with Crippen molar-refractivity contribution < 1.29 is 18.0 Å². The first-order chi connectivity index (χ1) is 17.8. The molecule has 202 valence electrons. The summed E-state index contributed by atoms with van der Waals surface area (Å²) in [6.07, 6.45) is 1.32. The summed E-state index contributed by atoms with van der Waals surface area (Å²) in [5.41, 5.74) is 1.46. The van der Waals surface area contributed by atoms with E-state index in [0.717, 1.165) is 21.7 Å². The third kappa shape index (κ3) is 8.60. The number of nitrogens with zero attached hydrogens (tertiary/aromatic N) is 2. The van der Waals surface area contributed by atoms with E-state index in [-0.39, 0.29) is 18.9 Å². The molecule has 1 unspecified atom stereocenters. The molecule has 0 fully saturated rings. The fourth-order valence-electron chi connectivity index (χ4n) is 4.00. The van der Waals surface area contributed by atoms with Gasteiger partial charge in [0.15, 0.2) is 0 Å². The lowest BCUT2D eigenvalue weighted by molar-refractivity contribution is -0.140. The summed E-state index contributed by atoms with van der Waals surface area (Å²) in [6, 6.07) is 24.0. The van der Waals surface area contributed by atoms with Gasteiger partial charge >= 0.3 is 0 Å². The Hall–Kier alpha value is -3.36. The second-order valence-electron chi connectivity index (χ2n) is 10.2. The van der Waals surface area contributed by atoms with Gasteiger partial charge in [-0.25, -0.2) is 8.42 Å². The van der Waals surface area contributed by atoms with Gasteiger partial charge in [-0.2, -0.15) is 0 Å². The monoisotopic (exact) mass is 555 g/mol. The van der Waals surface area contributed by atoms with Crippen molar-refractivity contribution in [3.63, 3.8) is 0 Å². The first-order valence-corrected chi connectivity index (χ1v) is 14.5. The molecule has 1 atom stereocenters. The molecule has 0 aliphatic carbocycles. The minimum absolute atomic E-state index is 0.0947. The van der Waals surface area contributed by atoms with Crippen LogP contribution in [0.3, 0.4) is 0 Å². The highest BCUT2D eigenvalue weighted by Crippen LogP contribution is 2.21. The average molecular weight is 556 g/mol. The number of sulfonamides is 1. The largest absolute Gasteiger partial charge is 0.350 e. The van der Waals surface area contributed by atoms with Crippen molar-refractivity contribution in [1.82, 2.24) is 10.2 Å². The van der Waals surface area contributed by atoms with Crippen LogP contribution in [-0.2, 0) is 32.6 Å². The maximum atomic E-state index is 14.0. The number of rotatable bonds is 10. The lowest BCUT2D eigenvalue weighted by atomic mass is 10.0. The van der Waals surface area contributed by atoms with E-state index < -0.39 is 34.1 Å². The van der Waals surface area contributed by atoms with Crippen molar-refractivity contribution in [2.24, 2.45) is 0 Å². The molecule has 7 nitrogen and oxygen atoms in total. The first-order valence-electron chi connectivity index (χ1n) is 12.3. The summed E-state index contributed by atoms with van der Waals surface area (Å²) in [5, 5.41) is 3.55. The van der Waals surface area contributed by atoms with Crippen LogP contribution >= 0.6 is 11.6 Å². The molecule has 0 radical (unpaired) electrons. The SMILES string of the molecule is CC(C)(C)NC(=O)C(Cc1ccccc1)N(Cc1ccc(Cl)cc1)C(=O)CN(c1ccccc1)S(C)(=O)=O. The van der Waals surface area contributed by atoms with Gasteiger partial charge in [-0.15, -0.1) is 0 Å². The summed E-state index contributed by atoms with van der Waals surface area (Å²) >= 11 is 6.07. The number of para-hydroxylation sites is 1. The Morgan fingerprint density at radius 1 is 0.868 bits per heavy atom. The average Bonchev–Trinajstić information content (AvgIpc) is 2.85. The summed E-state index contributed by atoms with van der Waals surface area (Å²) in [6.45, 7) is 5.26. The van der Waals surface area contributed by atoms with Crippen molar-refractivity contribution in [3.8, 4) is 0 Å². The van der Waals surface area contributed by atoms with Crippen LogP contribution in [0.5, 0.6) is 0 Å². The predicted molar refractivity (Wildman–Crippen MR) is 152 cm³/mol. The fraction of sp³-hybridized carbons (Fsp3) is 0.310. The van der Waals surface area contributed by atoms with Crippen LogP contribution in [0.4, 0.5) is 5.69 Å². The normalized spacial score (nSPS) is 12.4. The molecule has 3 rings (SSSR count). The molecule has 2 amide bonds. The highest BCUT2D eigenvalue weighted by atomic mass is 35.5. The second kappa shape index (κ2) is 12.5. The zero-order valence-electron chi connectivity index (χ0n) is 22.1. The van der Waals surface area contributed by atoms with Crippen LogP contribution in [0, 0.1) is 0 Å². The molecule has 0 bridgehead atoms. The van der Waals surface area contributed by atoms with Crippen molar-refractivity contribution >= 4 is 39.1 Å². The van der Waals surface area contributed by atoms with Crippen LogP contribution < -0.4 is 9.62 Å². The molecule has 0 heterocycles. The third-order valence-electron chi connectivity index (χ3n) is 5.76.